The summed E-state index contributed by atoms with van der Waals surface area (Å²) in [7, 11) is 0. The molecule has 1 atom stereocenters. The Morgan fingerprint density at radius 1 is 1.09 bits per heavy atom. The highest BCUT2D eigenvalue weighted by Gasteiger charge is 2.23. The van der Waals surface area contributed by atoms with Gasteiger partial charge in [-0.2, -0.15) is 0 Å². The number of rotatable bonds is 3. The first-order chi connectivity index (χ1) is 11.3. The lowest BCUT2D eigenvalue weighted by Crippen LogP contribution is -2.27. The minimum absolute atomic E-state index is 0.101. The SMILES string of the molecule is O=c1[nH]c(NC2CCN(c3ccccc3)C2)nc2ccccc12. The first-order valence-corrected chi connectivity index (χ1v) is 7.85. The Morgan fingerprint density at radius 3 is 2.74 bits per heavy atom. The van der Waals surface area contributed by atoms with E-state index in [1.54, 1.807) is 6.07 Å². The van der Waals surface area contributed by atoms with Gasteiger partial charge in [-0.25, -0.2) is 4.98 Å². The van der Waals surface area contributed by atoms with Crippen LogP contribution in [0.25, 0.3) is 10.9 Å². The fourth-order valence-electron chi connectivity index (χ4n) is 3.10. The summed E-state index contributed by atoms with van der Waals surface area (Å²) in [6.07, 6.45) is 1.02. The monoisotopic (exact) mass is 306 g/mol. The first-order valence-electron chi connectivity index (χ1n) is 7.85. The van der Waals surface area contributed by atoms with Gasteiger partial charge in [0.2, 0.25) is 5.95 Å². The number of hydrogen-bond donors (Lipinski definition) is 2. The summed E-state index contributed by atoms with van der Waals surface area (Å²) in [6.45, 7) is 1.90. The summed E-state index contributed by atoms with van der Waals surface area (Å²) in [5, 5.41) is 3.99. The van der Waals surface area contributed by atoms with Gasteiger partial charge in [-0.1, -0.05) is 30.3 Å². The summed E-state index contributed by atoms with van der Waals surface area (Å²) in [6, 6.07) is 18.1. The number of hydrogen-bond acceptors (Lipinski definition) is 4. The number of fused-ring (bicyclic) bond motifs is 1. The number of anilines is 2. The molecule has 2 aromatic carbocycles. The zero-order chi connectivity index (χ0) is 15.6. The third-order valence-corrected chi connectivity index (χ3v) is 4.26. The Kier molecular flexibility index (Phi) is 3.46. The standard InChI is InChI=1S/C18H18N4O/c23-17-15-8-4-5-9-16(15)20-18(21-17)19-13-10-11-22(12-13)14-6-2-1-3-7-14/h1-9,13H,10-12H2,(H2,19,20,21,23). The second-order valence-corrected chi connectivity index (χ2v) is 5.84. The summed E-state index contributed by atoms with van der Waals surface area (Å²) in [5.74, 6) is 0.550. The molecule has 0 amide bonds. The van der Waals surface area contributed by atoms with Gasteiger partial charge >= 0.3 is 0 Å². The van der Waals surface area contributed by atoms with E-state index >= 15 is 0 Å². The van der Waals surface area contributed by atoms with Crippen molar-refractivity contribution in [1.29, 1.82) is 0 Å². The number of nitrogens with one attached hydrogen (secondary N) is 2. The molecular formula is C18H18N4O. The van der Waals surface area contributed by atoms with Crippen LogP contribution in [0, 0.1) is 0 Å². The van der Waals surface area contributed by atoms with Crippen molar-refractivity contribution in [2.24, 2.45) is 0 Å². The predicted molar refractivity (Wildman–Crippen MR) is 93.0 cm³/mol. The highest BCUT2D eigenvalue weighted by molar-refractivity contribution is 5.78. The minimum Gasteiger partial charge on any atom is -0.369 e. The van der Waals surface area contributed by atoms with E-state index in [-0.39, 0.29) is 11.6 Å². The zero-order valence-corrected chi connectivity index (χ0v) is 12.7. The van der Waals surface area contributed by atoms with Crippen molar-refractivity contribution in [1.82, 2.24) is 9.97 Å². The van der Waals surface area contributed by atoms with Gasteiger partial charge in [0.1, 0.15) is 0 Å². The molecule has 5 nitrogen and oxygen atoms in total. The normalized spacial score (nSPS) is 17.6. The lowest BCUT2D eigenvalue weighted by Gasteiger charge is -2.19. The van der Waals surface area contributed by atoms with E-state index in [2.05, 4.69) is 44.5 Å². The number of nitrogens with zero attached hydrogens (tertiary/aromatic N) is 2. The molecule has 116 valence electrons. The van der Waals surface area contributed by atoms with Crippen LogP contribution in [0.5, 0.6) is 0 Å². The van der Waals surface area contributed by atoms with E-state index in [0.29, 0.717) is 11.3 Å². The topological polar surface area (TPSA) is 61.0 Å². The minimum atomic E-state index is -0.101. The highest BCUT2D eigenvalue weighted by atomic mass is 16.1. The maximum absolute atomic E-state index is 12.1. The maximum atomic E-state index is 12.1. The fourth-order valence-corrected chi connectivity index (χ4v) is 3.10. The van der Waals surface area contributed by atoms with Crippen LogP contribution in [0.15, 0.2) is 59.4 Å². The molecule has 0 saturated carbocycles. The molecule has 1 aliphatic rings. The third-order valence-electron chi connectivity index (χ3n) is 4.26. The quantitative estimate of drug-likeness (QED) is 0.781. The van der Waals surface area contributed by atoms with Gasteiger partial charge in [0.05, 0.1) is 10.9 Å². The van der Waals surface area contributed by atoms with Gasteiger partial charge in [-0.15, -0.1) is 0 Å². The van der Waals surface area contributed by atoms with Crippen LogP contribution in [0.1, 0.15) is 6.42 Å². The number of para-hydroxylation sites is 2. The molecule has 4 rings (SSSR count). The molecule has 0 bridgehead atoms. The van der Waals surface area contributed by atoms with E-state index in [0.717, 1.165) is 25.0 Å². The molecule has 2 heterocycles. The van der Waals surface area contributed by atoms with Crippen LogP contribution in [0.3, 0.4) is 0 Å². The Balaban J connectivity index is 1.52. The molecular weight excluding hydrogens is 288 g/mol. The number of aromatic amines is 1. The first kappa shape index (κ1) is 13.8. The van der Waals surface area contributed by atoms with Crippen molar-refractivity contribution in [3.05, 3.63) is 65.0 Å². The van der Waals surface area contributed by atoms with Gasteiger partial charge in [0.25, 0.3) is 5.56 Å². The molecule has 5 heteroatoms. The summed E-state index contributed by atoms with van der Waals surface area (Å²) in [4.78, 5) is 21.8. The average molecular weight is 306 g/mol. The van der Waals surface area contributed by atoms with Crippen molar-refractivity contribution in [2.75, 3.05) is 23.3 Å². The van der Waals surface area contributed by atoms with Crippen LogP contribution in [-0.2, 0) is 0 Å². The second-order valence-electron chi connectivity index (χ2n) is 5.84. The Bertz CT molecular complexity index is 875. The highest BCUT2D eigenvalue weighted by Crippen LogP contribution is 2.21. The number of benzene rings is 2. The average Bonchev–Trinajstić information content (AvgIpc) is 3.04. The molecule has 2 N–H and O–H groups in total. The van der Waals surface area contributed by atoms with Crippen molar-refractivity contribution < 1.29 is 0 Å². The Morgan fingerprint density at radius 2 is 1.87 bits per heavy atom. The van der Waals surface area contributed by atoms with Crippen LogP contribution in [0.2, 0.25) is 0 Å². The molecule has 0 spiro atoms. The van der Waals surface area contributed by atoms with Crippen LogP contribution in [0.4, 0.5) is 11.6 Å². The maximum Gasteiger partial charge on any atom is 0.260 e. The molecule has 0 radical (unpaired) electrons. The molecule has 1 aliphatic heterocycles. The van der Waals surface area contributed by atoms with Crippen molar-refractivity contribution in [3.8, 4) is 0 Å². The summed E-state index contributed by atoms with van der Waals surface area (Å²) >= 11 is 0. The van der Waals surface area contributed by atoms with E-state index in [1.807, 2.05) is 24.3 Å². The molecule has 1 unspecified atom stereocenters. The van der Waals surface area contributed by atoms with E-state index in [4.69, 9.17) is 0 Å². The van der Waals surface area contributed by atoms with E-state index in [1.165, 1.54) is 5.69 Å². The second kappa shape index (κ2) is 5.76. The number of aromatic nitrogens is 2. The molecule has 23 heavy (non-hydrogen) atoms. The molecule has 1 saturated heterocycles. The number of H-pyrrole nitrogens is 1. The van der Waals surface area contributed by atoms with Gasteiger partial charge in [-0.05, 0) is 30.7 Å². The molecule has 0 aliphatic carbocycles. The van der Waals surface area contributed by atoms with Crippen LogP contribution in [-0.4, -0.2) is 29.1 Å². The summed E-state index contributed by atoms with van der Waals surface area (Å²) in [5.41, 5.74) is 1.85. The van der Waals surface area contributed by atoms with Gasteiger partial charge in [-0.3, -0.25) is 9.78 Å². The van der Waals surface area contributed by atoms with Gasteiger partial charge < -0.3 is 10.2 Å². The lowest BCUT2D eigenvalue weighted by atomic mass is 10.2. The smallest absolute Gasteiger partial charge is 0.260 e. The molecule has 3 aromatic rings. The van der Waals surface area contributed by atoms with E-state index < -0.39 is 0 Å². The van der Waals surface area contributed by atoms with Crippen molar-refractivity contribution >= 4 is 22.5 Å². The van der Waals surface area contributed by atoms with Gasteiger partial charge in [0.15, 0.2) is 0 Å². The summed E-state index contributed by atoms with van der Waals surface area (Å²) < 4.78 is 0. The Labute approximate surface area is 134 Å². The van der Waals surface area contributed by atoms with Crippen LogP contribution < -0.4 is 15.8 Å². The Hall–Kier alpha value is -2.82. The lowest BCUT2D eigenvalue weighted by molar-refractivity contribution is 0.793. The largest absolute Gasteiger partial charge is 0.369 e. The van der Waals surface area contributed by atoms with E-state index in [9.17, 15) is 4.79 Å². The van der Waals surface area contributed by atoms with Crippen LogP contribution >= 0.6 is 0 Å². The van der Waals surface area contributed by atoms with Crippen molar-refractivity contribution in [2.45, 2.75) is 12.5 Å². The zero-order valence-electron chi connectivity index (χ0n) is 12.7. The molecule has 1 fully saturated rings. The fraction of sp³-hybridized carbons (Fsp3) is 0.222. The predicted octanol–water partition coefficient (Wildman–Crippen LogP) is 2.61. The third kappa shape index (κ3) is 2.77. The van der Waals surface area contributed by atoms with Gasteiger partial charge in [0, 0.05) is 24.8 Å². The van der Waals surface area contributed by atoms with Crippen molar-refractivity contribution in [3.63, 3.8) is 0 Å². The molecule has 1 aromatic heterocycles.